The minimum absolute atomic E-state index is 0.328. The van der Waals surface area contributed by atoms with Crippen LogP contribution in [0.1, 0.15) is 80.1 Å². The molecule has 0 aliphatic heterocycles. The van der Waals surface area contributed by atoms with E-state index < -0.39 is 0 Å². The predicted octanol–water partition coefficient (Wildman–Crippen LogP) is 7.41. The molecule has 1 N–H and O–H groups in total. The van der Waals surface area contributed by atoms with Gasteiger partial charge in [-0.1, -0.05) is 68.7 Å². The highest BCUT2D eigenvalue weighted by Crippen LogP contribution is 2.43. The molecule has 6 nitrogen and oxygen atoms in total. The van der Waals surface area contributed by atoms with Crippen molar-refractivity contribution in [1.29, 1.82) is 0 Å². The van der Waals surface area contributed by atoms with Gasteiger partial charge < -0.3 is 15.0 Å². The van der Waals surface area contributed by atoms with E-state index in [-0.39, 0.29) is 5.97 Å². The SMILES string of the molecule is COC(=O)c1ccccc1-c1ccc(N(CC(C)C)C2CCCCC2)c(Nc2nnc(C3CC3)s2)c1. The molecule has 36 heavy (non-hydrogen) atoms. The fraction of sp³-hybridized carbons (Fsp3) is 0.483. The van der Waals surface area contributed by atoms with Crippen LogP contribution in [0.3, 0.4) is 0 Å². The van der Waals surface area contributed by atoms with Crippen molar-refractivity contribution in [2.75, 3.05) is 23.9 Å². The first kappa shape index (κ1) is 24.8. The van der Waals surface area contributed by atoms with Crippen molar-refractivity contribution in [1.82, 2.24) is 10.2 Å². The fourth-order valence-corrected chi connectivity index (χ4v) is 6.13. The smallest absolute Gasteiger partial charge is 0.338 e. The Hall–Kier alpha value is -2.93. The van der Waals surface area contributed by atoms with Crippen LogP contribution in [0, 0.1) is 5.92 Å². The Morgan fingerprint density at radius 3 is 2.58 bits per heavy atom. The van der Waals surface area contributed by atoms with Crippen molar-refractivity contribution >= 4 is 33.8 Å². The summed E-state index contributed by atoms with van der Waals surface area (Å²) >= 11 is 1.66. The van der Waals surface area contributed by atoms with Crippen molar-refractivity contribution in [3.05, 3.63) is 53.0 Å². The Kier molecular flexibility index (Phi) is 7.56. The lowest BCUT2D eigenvalue weighted by molar-refractivity contribution is 0.0601. The summed E-state index contributed by atoms with van der Waals surface area (Å²) in [6.45, 7) is 5.58. The van der Waals surface area contributed by atoms with Gasteiger partial charge >= 0.3 is 5.97 Å². The van der Waals surface area contributed by atoms with Gasteiger partial charge in [-0.15, -0.1) is 10.2 Å². The number of methoxy groups -OCH3 is 1. The molecule has 0 unspecified atom stereocenters. The average molecular weight is 505 g/mol. The van der Waals surface area contributed by atoms with E-state index in [4.69, 9.17) is 4.74 Å². The van der Waals surface area contributed by atoms with Crippen LogP contribution in [0.2, 0.25) is 0 Å². The van der Waals surface area contributed by atoms with Crippen molar-refractivity contribution in [3.63, 3.8) is 0 Å². The number of aromatic nitrogens is 2. The van der Waals surface area contributed by atoms with Gasteiger partial charge in [0.2, 0.25) is 5.13 Å². The molecular weight excluding hydrogens is 468 g/mol. The summed E-state index contributed by atoms with van der Waals surface area (Å²) < 4.78 is 5.06. The van der Waals surface area contributed by atoms with E-state index >= 15 is 0 Å². The molecule has 2 aromatic carbocycles. The highest BCUT2D eigenvalue weighted by atomic mass is 32.1. The predicted molar refractivity (Wildman–Crippen MR) is 147 cm³/mol. The van der Waals surface area contributed by atoms with E-state index in [9.17, 15) is 4.79 Å². The number of ether oxygens (including phenoxy) is 1. The molecule has 0 saturated heterocycles. The monoisotopic (exact) mass is 504 g/mol. The van der Waals surface area contributed by atoms with Gasteiger partial charge in [0, 0.05) is 18.5 Å². The van der Waals surface area contributed by atoms with Crippen LogP contribution in [-0.2, 0) is 4.74 Å². The van der Waals surface area contributed by atoms with Gasteiger partial charge in [0.05, 0.1) is 24.0 Å². The fourth-order valence-electron chi connectivity index (χ4n) is 5.20. The molecule has 0 radical (unpaired) electrons. The lowest BCUT2D eigenvalue weighted by Gasteiger charge is -2.38. The van der Waals surface area contributed by atoms with E-state index in [2.05, 4.69) is 52.5 Å². The van der Waals surface area contributed by atoms with E-state index in [0.29, 0.717) is 23.4 Å². The molecule has 7 heteroatoms. The highest BCUT2D eigenvalue weighted by molar-refractivity contribution is 7.15. The topological polar surface area (TPSA) is 67.3 Å². The third-order valence-electron chi connectivity index (χ3n) is 7.14. The summed E-state index contributed by atoms with van der Waals surface area (Å²) in [6.07, 6.45) is 8.77. The number of carbonyl (C=O) groups excluding carboxylic acids is 1. The van der Waals surface area contributed by atoms with Crippen molar-refractivity contribution < 1.29 is 9.53 Å². The molecule has 2 aliphatic carbocycles. The Morgan fingerprint density at radius 2 is 1.86 bits per heavy atom. The number of hydrogen-bond acceptors (Lipinski definition) is 7. The molecule has 2 aliphatic rings. The standard InChI is InChI=1S/C29H36N4O2S/c1-19(2)18-33(22-9-5-4-6-10-22)26-16-15-21(23-11-7-8-12-24(23)28(34)35-3)17-25(26)30-29-32-31-27(36-29)20-13-14-20/h7-8,11-12,15-17,19-20,22H,4-6,9-10,13-14,18H2,1-3H3,(H,30,32). The Bertz CT molecular complexity index is 1200. The lowest BCUT2D eigenvalue weighted by atomic mass is 9.92. The molecule has 2 fully saturated rings. The number of hydrogen-bond donors (Lipinski definition) is 1. The van der Waals surface area contributed by atoms with Crippen LogP contribution in [0.15, 0.2) is 42.5 Å². The molecule has 0 spiro atoms. The molecule has 2 saturated carbocycles. The third-order valence-corrected chi connectivity index (χ3v) is 8.14. The van der Waals surface area contributed by atoms with Crippen LogP contribution in [0.25, 0.3) is 11.1 Å². The second-order valence-corrected chi connectivity index (χ2v) is 11.5. The van der Waals surface area contributed by atoms with Gasteiger partial charge in [-0.3, -0.25) is 0 Å². The number of nitrogens with one attached hydrogen (secondary N) is 1. The Morgan fingerprint density at radius 1 is 1.08 bits per heavy atom. The summed E-state index contributed by atoms with van der Waals surface area (Å²) in [6, 6.07) is 14.7. The minimum atomic E-state index is -0.328. The van der Waals surface area contributed by atoms with Crippen LogP contribution >= 0.6 is 11.3 Å². The second-order valence-electron chi connectivity index (χ2n) is 10.5. The van der Waals surface area contributed by atoms with E-state index in [0.717, 1.165) is 33.5 Å². The first-order chi connectivity index (χ1) is 17.5. The van der Waals surface area contributed by atoms with Crippen molar-refractivity contribution in [3.8, 4) is 11.1 Å². The quantitative estimate of drug-likeness (QED) is 0.306. The summed E-state index contributed by atoms with van der Waals surface area (Å²) in [5.74, 6) is 0.795. The van der Waals surface area contributed by atoms with E-state index in [1.54, 1.807) is 11.3 Å². The van der Waals surface area contributed by atoms with Crippen LogP contribution in [-0.4, -0.2) is 35.9 Å². The zero-order valence-corrected chi connectivity index (χ0v) is 22.3. The number of anilines is 3. The first-order valence-electron chi connectivity index (χ1n) is 13.2. The highest BCUT2D eigenvalue weighted by Gasteiger charge is 2.28. The molecule has 0 bridgehead atoms. The molecule has 3 aromatic rings. The second kappa shape index (κ2) is 11.0. The normalized spacial score (nSPS) is 16.2. The van der Waals surface area contributed by atoms with Gasteiger partial charge in [-0.2, -0.15) is 0 Å². The molecule has 190 valence electrons. The maximum absolute atomic E-state index is 12.5. The number of rotatable bonds is 9. The number of carbonyl (C=O) groups is 1. The summed E-state index contributed by atoms with van der Waals surface area (Å²) in [5, 5.41) is 14.5. The van der Waals surface area contributed by atoms with Crippen molar-refractivity contribution in [2.45, 2.75) is 70.8 Å². The zero-order valence-electron chi connectivity index (χ0n) is 21.5. The van der Waals surface area contributed by atoms with E-state index in [1.807, 2.05) is 24.3 Å². The van der Waals surface area contributed by atoms with Crippen LogP contribution in [0.5, 0.6) is 0 Å². The molecule has 0 atom stereocenters. The Balaban J connectivity index is 1.57. The first-order valence-corrected chi connectivity index (χ1v) is 14.0. The Labute approximate surface area is 218 Å². The van der Waals surface area contributed by atoms with Crippen LogP contribution < -0.4 is 10.2 Å². The number of benzene rings is 2. The summed E-state index contributed by atoms with van der Waals surface area (Å²) in [5.41, 5.74) is 4.61. The van der Waals surface area contributed by atoms with Crippen molar-refractivity contribution in [2.24, 2.45) is 5.92 Å². The van der Waals surface area contributed by atoms with Gasteiger partial charge in [-0.25, -0.2) is 4.79 Å². The average Bonchev–Trinajstić information content (AvgIpc) is 3.66. The zero-order chi connectivity index (χ0) is 25.1. The van der Waals surface area contributed by atoms with Gasteiger partial charge in [0.25, 0.3) is 0 Å². The van der Waals surface area contributed by atoms with E-state index in [1.165, 1.54) is 57.7 Å². The van der Waals surface area contributed by atoms with Gasteiger partial charge in [-0.05, 0) is 60.9 Å². The van der Waals surface area contributed by atoms with Crippen LogP contribution in [0.4, 0.5) is 16.5 Å². The maximum atomic E-state index is 12.5. The molecule has 5 rings (SSSR count). The molecular formula is C29H36N4O2S. The summed E-state index contributed by atoms with van der Waals surface area (Å²) in [7, 11) is 1.43. The maximum Gasteiger partial charge on any atom is 0.338 e. The van der Waals surface area contributed by atoms with Gasteiger partial charge in [0.15, 0.2) is 0 Å². The van der Waals surface area contributed by atoms with Gasteiger partial charge in [0.1, 0.15) is 5.01 Å². The molecule has 1 aromatic heterocycles. The largest absolute Gasteiger partial charge is 0.465 e. The lowest BCUT2D eigenvalue weighted by Crippen LogP contribution is -2.39. The minimum Gasteiger partial charge on any atom is -0.465 e. The number of esters is 1. The molecule has 1 heterocycles. The number of nitrogens with zero attached hydrogens (tertiary/aromatic N) is 3. The molecule has 0 amide bonds. The third kappa shape index (κ3) is 5.56. The summed E-state index contributed by atoms with van der Waals surface area (Å²) in [4.78, 5) is 15.1.